The summed E-state index contributed by atoms with van der Waals surface area (Å²) in [5.41, 5.74) is 0.552. The molecular formula is C20H26FIN4O2. The maximum atomic E-state index is 14.1. The molecule has 0 atom stereocenters. The molecule has 1 fully saturated rings. The molecule has 3 N–H and O–H groups in total. The number of hydrogen-bond acceptors (Lipinski definition) is 3. The van der Waals surface area contributed by atoms with Gasteiger partial charge in [-0.2, -0.15) is 0 Å². The first-order valence-electron chi connectivity index (χ1n) is 9.23. The fourth-order valence-electron chi connectivity index (χ4n) is 2.98. The molecule has 0 unspecified atom stereocenters. The number of hydrogen-bond donors (Lipinski definition) is 3. The topological polar surface area (TPSA) is 78.7 Å². The lowest BCUT2D eigenvalue weighted by Crippen LogP contribution is -2.42. The van der Waals surface area contributed by atoms with Crippen molar-refractivity contribution in [2.75, 3.05) is 26.2 Å². The molecule has 0 radical (unpaired) electrons. The highest BCUT2D eigenvalue weighted by molar-refractivity contribution is 14.0. The minimum atomic E-state index is -0.250. The Balaban J connectivity index is 0.00000280. The molecular weight excluding hydrogens is 474 g/mol. The fraction of sp³-hybridized carbons (Fsp3) is 0.400. The Morgan fingerprint density at radius 2 is 1.89 bits per heavy atom. The van der Waals surface area contributed by atoms with Gasteiger partial charge in [-0.05, 0) is 43.5 Å². The maximum Gasteiger partial charge on any atom is 0.287 e. The minimum absolute atomic E-state index is 0. The molecule has 1 amide bonds. The molecule has 0 bridgehead atoms. The van der Waals surface area contributed by atoms with Crippen molar-refractivity contribution in [1.29, 1.82) is 0 Å². The Morgan fingerprint density at radius 3 is 2.54 bits per heavy atom. The van der Waals surface area contributed by atoms with Gasteiger partial charge in [0, 0.05) is 25.0 Å². The predicted molar refractivity (Wildman–Crippen MR) is 118 cm³/mol. The summed E-state index contributed by atoms with van der Waals surface area (Å²) in [5, 5.41) is 9.14. The molecule has 0 aliphatic heterocycles. The largest absolute Gasteiger partial charge is 0.459 e. The Hall–Kier alpha value is -2.10. The van der Waals surface area contributed by atoms with Crippen LogP contribution in [0.3, 0.4) is 0 Å². The highest BCUT2D eigenvalue weighted by atomic mass is 127. The third kappa shape index (κ3) is 5.70. The SMILES string of the molecule is CCNC(=NCC1(c2ccccc2F)CC1)NCCNC(=O)c1ccco1.I. The van der Waals surface area contributed by atoms with E-state index in [2.05, 4.69) is 20.9 Å². The summed E-state index contributed by atoms with van der Waals surface area (Å²) in [4.78, 5) is 16.4. The van der Waals surface area contributed by atoms with Gasteiger partial charge in [0.2, 0.25) is 0 Å². The first-order chi connectivity index (χ1) is 13.1. The normalized spacial score (nSPS) is 14.7. The molecule has 1 aliphatic rings. The lowest BCUT2D eigenvalue weighted by atomic mass is 9.95. The average Bonchev–Trinajstić information content (AvgIpc) is 3.25. The molecule has 0 spiro atoms. The summed E-state index contributed by atoms with van der Waals surface area (Å²) in [7, 11) is 0. The van der Waals surface area contributed by atoms with Crippen LogP contribution in [0.25, 0.3) is 0 Å². The van der Waals surface area contributed by atoms with Gasteiger partial charge in [0.15, 0.2) is 11.7 Å². The van der Waals surface area contributed by atoms with Crippen LogP contribution in [0, 0.1) is 5.82 Å². The zero-order chi connectivity index (χ0) is 19.1. The van der Waals surface area contributed by atoms with Crippen molar-refractivity contribution in [3.63, 3.8) is 0 Å². The van der Waals surface area contributed by atoms with Gasteiger partial charge in [0.05, 0.1) is 12.8 Å². The van der Waals surface area contributed by atoms with Gasteiger partial charge in [0.25, 0.3) is 5.91 Å². The van der Waals surface area contributed by atoms with Crippen molar-refractivity contribution >= 4 is 35.8 Å². The number of halogens is 2. The van der Waals surface area contributed by atoms with Crippen molar-refractivity contribution in [2.45, 2.75) is 25.2 Å². The van der Waals surface area contributed by atoms with Gasteiger partial charge < -0.3 is 20.4 Å². The highest BCUT2D eigenvalue weighted by Gasteiger charge is 2.45. The second-order valence-electron chi connectivity index (χ2n) is 6.62. The lowest BCUT2D eigenvalue weighted by Gasteiger charge is -2.16. The summed E-state index contributed by atoms with van der Waals surface area (Å²) in [5.74, 6) is 0.535. The third-order valence-corrected chi connectivity index (χ3v) is 4.63. The van der Waals surface area contributed by atoms with Crippen LogP contribution in [0.5, 0.6) is 0 Å². The van der Waals surface area contributed by atoms with Crippen LogP contribution < -0.4 is 16.0 Å². The zero-order valence-electron chi connectivity index (χ0n) is 15.8. The second kappa shape index (κ2) is 10.4. The van der Waals surface area contributed by atoms with Crippen LogP contribution in [0.2, 0.25) is 0 Å². The number of nitrogens with one attached hydrogen (secondary N) is 3. The zero-order valence-corrected chi connectivity index (χ0v) is 18.2. The van der Waals surface area contributed by atoms with Crippen molar-refractivity contribution in [1.82, 2.24) is 16.0 Å². The highest BCUT2D eigenvalue weighted by Crippen LogP contribution is 2.49. The summed E-state index contributed by atoms with van der Waals surface area (Å²) >= 11 is 0. The van der Waals surface area contributed by atoms with Crippen molar-refractivity contribution in [2.24, 2.45) is 4.99 Å². The molecule has 1 saturated carbocycles. The quantitative estimate of drug-likeness (QED) is 0.226. The molecule has 2 aromatic rings. The van der Waals surface area contributed by atoms with Crippen LogP contribution in [0.15, 0.2) is 52.1 Å². The van der Waals surface area contributed by atoms with E-state index in [4.69, 9.17) is 4.42 Å². The van der Waals surface area contributed by atoms with Crippen LogP contribution >= 0.6 is 24.0 Å². The summed E-state index contributed by atoms with van der Waals surface area (Å²) in [6.45, 7) is 4.19. The van der Waals surface area contributed by atoms with E-state index in [0.29, 0.717) is 25.6 Å². The van der Waals surface area contributed by atoms with Crippen LogP contribution in [0.4, 0.5) is 4.39 Å². The van der Waals surface area contributed by atoms with Crippen molar-refractivity contribution in [3.05, 3.63) is 59.8 Å². The van der Waals surface area contributed by atoms with Crippen LogP contribution in [-0.4, -0.2) is 38.0 Å². The minimum Gasteiger partial charge on any atom is -0.459 e. The molecule has 1 aromatic heterocycles. The molecule has 1 heterocycles. The molecule has 28 heavy (non-hydrogen) atoms. The molecule has 1 aromatic carbocycles. The first kappa shape index (κ1) is 22.2. The van der Waals surface area contributed by atoms with E-state index >= 15 is 0 Å². The fourth-order valence-corrected chi connectivity index (χ4v) is 2.98. The number of benzene rings is 1. The van der Waals surface area contributed by atoms with Gasteiger partial charge in [-0.3, -0.25) is 9.79 Å². The van der Waals surface area contributed by atoms with Crippen LogP contribution in [-0.2, 0) is 5.41 Å². The van der Waals surface area contributed by atoms with E-state index in [-0.39, 0.29) is 46.9 Å². The standard InChI is InChI=1S/C20H25FN4O2.HI/c1-2-22-19(24-12-11-23-18(26)17-8-5-13-27-17)25-14-20(9-10-20)15-6-3-4-7-16(15)21;/h3-8,13H,2,9-12,14H2,1H3,(H,23,26)(H2,22,24,25);1H. The predicted octanol–water partition coefficient (Wildman–Crippen LogP) is 3.05. The second-order valence-corrected chi connectivity index (χ2v) is 6.62. The van der Waals surface area contributed by atoms with Gasteiger partial charge >= 0.3 is 0 Å². The van der Waals surface area contributed by atoms with E-state index in [9.17, 15) is 9.18 Å². The number of guanidine groups is 1. The number of carbonyl (C=O) groups excluding carboxylic acids is 1. The molecule has 3 rings (SSSR count). The van der Waals surface area contributed by atoms with Crippen molar-refractivity contribution in [3.8, 4) is 0 Å². The molecule has 152 valence electrons. The van der Waals surface area contributed by atoms with E-state index in [1.54, 1.807) is 18.2 Å². The molecule has 8 heteroatoms. The Morgan fingerprint density at radius 1 is 1.14 bits per heavy atom. The van der Waals surface area contributed by atoms with E-state index in [1.807, 2.05) is 19.1 Å². The number of nitrogens with zero attached hydrogens (tertiary/aromatic N) is 1. The summed E-state index contributed by atoms with van der Waals surface area (Å²) < 4.78 is 19.2. The number of rotatable bonds is 8. The van der Waals surface area contributed by atoms with E-state index in [0.717, 1.165) is 24.9 Å². The van der Waals surface area contributed by atoms with Gasteiger partial charge in [-0.1, -0.05) is 18.2 Å². The molecule has 1 aliphatic carbocycles. The monoisotopic (exact) mass is 500 g/mol. The number of amides is 1. The number of aliphatic imine (C=N–C) groups is 1. The number of carbonyl (C=O) groups is 1. The molecule has 0 saturated heterocycles. The van der Waals surface area contributed by atoms with Crippen LogP contribution in [0.1, 0.15) is 35.9 Å². The smallest absolute Gasteiger partial charge is 0.287 e. The lowest BCUT2D eigenvalue weighted by molar-refractivity contribution is 0.0926. The van der Waals surface area contributed by atoms with Gasteiger partial charge in [-0.15, -0.1) is 24.0 Å². The molecule has 6 nitrogen and oxygen atoms in total. The van der Waals surface area contributed by atoms with Gasteiger partial charge in [0.1, 0.15) is 5.82 Å². The third-order valence-electron chi connectivity index (χ3n) is 4.63. The number of furan rings is 1. The first-order valence-corrected chi connectivity index (χ1v) is 9.23. The van der Waals surface area contributed by atoms with Gasteiger partial charge in [-0.25, -0.2) is 4.39 Å². The Kier molecular flexibility index (Phi) is 8.28. The Bertz CT molecular complexity index is 791. The summed E-state index contributed by atoms with van der Waals surface area (Å²) in [6, 6.07) is 10.2. The Labute approximate surface area is 181 Å². The van der Waals surface area contributed by atoms with Crippen molar-refractivity contribution < 1.29 is 13.6 Å². The average molecular weight is 500 g/mol. The van der Waals surface area contributed by atoms with E-state index < -0.39 is 0 Å². The summed E-state index contributed by atoms with van der Waals surface area (Å²) in [6.07, 6.45) is 3.35. The van der Waals surface area contributed by atoms with E-state index in [1.165, 1.54) is 12.3 Å². The maximum absolute atomic E-state index is 14.1.